The van der Waals surface area contributed by atoms with Gasteiger partial charge in [0.15, 0.2) is 0 Å². The molecule has 21 heavy (non-hydrogen) atoms. The smallest absolute Gasteiger partial charge is 0.207 e. The van der Waals surface area contributed by atoms with Crippen molar-refractivity contribution < 1.29 is 8.42 Å². The maximum Gasteiger partial charge on any atom is 0.243 e. The van der Waals surface area contributed by atoms with Crippen LogP contribution in [-0.2, 0) is 22.3 Å². The molecule has 0 spiro atoms. The predicted octanol–water partition coefficient (Wildman–Crippen LogP) is 3.80. The van der Waals surface area contributed by atoms with Gasteiger partial charge in [-0.05, 0) is 41.9 Å². The van der Waals surface area contributed by atoms with E-state index < -0.39 is 10.0 Å². The van der Waals surface area contributed by atoms with Crippen LogP contribution in [0.4, 0.5) is 0 Å². The number of halogens is 1. The normalized spacial score (nSPS) is 19.6. The topological polar surface area (TPSA) is 37.4 Å². The van der Waals surface area contributed by atoms with Gasteiger partial charge in [-0.2, -0.15) is 4.31 Å². The minimum absolute atomic E-state index is 0.0434. The summed E-state index contributed by atoms with van der Waals surface area (Å²) in [5.41, 5.74) is 1.76. The second kappa shape index (κ2) is 6.27. The molecule has 0 unspecified atom stereocenters. The van der Waals surface area contributed by atoms with E-state index in [0.717, 1.165) is 24.0 Å². The van der Waals surface area contributed by atoms with Gasteiger partial charge in [0.05, 0.1) is 4.90 Å². The highest BCUT2D eigenvalue weighted by Gasteiger charge is 2.35. The van der Waals surface area contributed by atoms with Crippen LogP contribution >= 0.6 is 11.6 Å². The van der Waals surface area contributed by atoms with Gasteiger partial charge < -0.3 is 0 Å². The van der Waals surface area contributed by atoms with Crippen molar-refractivity contribution >= 4 is 21.6 Å². The van der Waals surface area contributed by atoms with Gasteiger partial charge in [-0.25, -0.2) is 8.42 Å². The molecule has 1 aliphatic heterocycles. The Balaban J connectivity index is 2.43. The molecule has 1 heterocycles. The van der Waals surface area contributed by atoms with Crippen LogP contribution in [0.15, 0.2) is 23.1 Å². The molecule has 1 saturated heterocycles. The van der Waals surface area contributed by atoms with Gasteiger partial charge in [0, 0.05) is 19.0 Å². The van der Waals surface area contributed by atoms with Crippen molar-refractivity contribution in [2.75, 3.05) is 13.1 Å². The summed E-state index contributed by atoms with van der Waals surface area (Å²) in [5.74, 6) is 0.331. The van der Waals surface area contributed by atoms with Crippen LogP contribution in [0.2, 0.25) is 0 Å². The third-order valence-corrected chi connectivity index (χ3v) is 6.39. The average molecular weight is 330 g/mol. The molecule has 5 heteroatoms. The SMILES string of the molecule is CCc1ccc(CCl)cc1S(=O)(=O)N1CCCC(C)(C)C1. The number of benzene rings is 1. The second-order valence-corrected chi connectivity index (χ2v) is 8.71. The number of nitrogens with zero attached hydrogens (tertiary/aromatic N) is 1. The van der Waals surface area contributed by atoms with Crippen LogP contribution < -0.4 is 0 Å². The van der Waals surface area contributed by atoms with E-state index in [2.05, 4.69) is 13.8 Å². The molecule has 0 amide bonds. The van der Waals surface area contributed by atoms with Gasteiger partial charge in [-0.1, -0.05) is 32.9 Å². The first-order valence-corrected chi connectivity index (χ1v) is 9.45. The van der Waals surface area contributed by atoms with Crippen LogP contribution in [0.5, 0.6) is 0 Å². The Labute approximate surface area is 133 Å². The summed E-state index contributed by atoms with van der Waals surface area (Å²) >= 11 is 5.87. The number of piperidine rings is 1. The number of aryl methyl sites for hydroxylation is 1. The summed E-state index contributed by atoms with van der Waals surface area (Å²) in [4.78, 5) is 0.431. The monoisotopic (exact) mass is 329 g/mol. The van der Waals surface area contributed by atoms with Gasteiger partial charge in [0.2, 0.25) is 10.0 Å². The molecule has 0 atom stereocenters. The van der Waals surface area contributed by atoms with E-state index in [-0.39, 0.29) is 5.41 Å². The molecule has 3 nitrogen and oxygen atoms in total. The molecular formula is C16H24ClNO2S. The fourth-order valence-electron chi connectivity index (χ4n) is 2.93. The lowest BCUT2D eigenvalue weighted by atomic mass is 9.85. The molecular weight excluding hydrogens is 306 g/mol. The largest absolute Gasteiger partial charge is 0.243 e. The number of sulfonamides is 1. The molecule has 1 aromatic rings. The minimum atomic E-state index is -3.43. The summed E-state index contributed by atoms with van der Waals surface area (Å²) in [5, 5.41) is 0. The Morgan fingerprint density at radius 3 is 2.62 bits per heavy atom. The Bertz CT molecular complexity index is 611. The highest BCUT2D eigenvalue weighted by molar-refractivity contribution is 7.89. The van der Waals surface area contributed by atoms with E-state index in [4.69, 9.17) is 11.6 Å². The van der Waals surface area contributed by atoms with Crippen LogP contribution in [0.1, 0.15) is 44.7 Å². The van der Waals surface area contributed by atoms with E-state index in [1.54, 1.807) is 10.4 Å². The molecule has 2 rings (SSSR count). The Morgan fingerprint density at radius 2 is 2.05 bits per heavy atom. The highest BCUT2D eigenvalue weighted by Crippen LogP contribution is 2.33. The number of hydrogen-bond donors (Lipinski definition) is 0. The van der Waals surface area contributed by atoms with E-state index in [0.29, 0.717) is 30.3 Å². The van der Waals surface area contributed by atoms with Crippen molar-refractivity contribution in [3.63, 3.8) is 0 Å². The molecule has 0 bridgehead atoms. The highest BCUT2D eigenvalue weighted by atomic mass is 35.5. The van der Waals surface area contributed by atoms with Gasteiger partial charge >= 0.3 is 0 Å². The van der Waals surface area contributed by atoms with Crippen molar-refractivity contribution in [1.29, 1.82) is 0 Å². The Kier molecular flexibility index (Phi) is 5.01. The summed E-state index contributed by atoms with van der Waals surface area (Å²) in [7, 11) is -3.43. The maximum absolute atomic E-state index is 13.0. The maximum atomic E-state index is 13.0. The van der Waals surface area contributed by atoms with E-state index in [1.807, 2.05) is 19.1 Å². The molecule has 0 aliphatic carbocycles. The molecule has 1 aromatic carbocycles. The zero-order chi connectivity index (χ0) is 15.7. The molecule has 0 aromatic heterocycles. The third kappa shape index (κ3) is 3.61. The molecule has 0 radical (unpaired) electrons. The zero-order valence-electron chi connectivity index (χ0n) is 13.0. The quantitative estimate of drug-likeness (QED) is 0.788. The first-order chi connectivity index (χ1) is 9.80. The van der Waals surface area contributed by atoms with Gasteiger partial charge in [-0.3, -0.25) is 0 Å². The molecule has 0 saturated carbocycles. The Hall–Kier alpha value is -0.580. The summed E-state index contributed by atoms with van der Waals surface area (Å²) < 4.78 is 27.7. The molecule has 1 aliphatic rings. The number of hydrogen-bond acceptors (Lipinski definition) is 2. The van der Waals surface area contributed by atoms with Crippen LogP contribution in [0.3, 0.4) is 0 Å². The number of alkyl halides is 1. The van der Waals surface area contributed by atoms with Crippen molar-refractivity contribution in [2.24, 2.45) is 5.41 Å². The lowest BCUT2D eigenvalue weighted by Gasteiger charge is -2.37. The second-order valence-electron chi connectivity index (χ2n) is 6.54. The fraction of sp³-hybridized carbons (Fsp3) is 0.625. The van der Waals surface area contributed by atoms with Crippen molar-refractivity contribution in [1.82, 2.24) is 4.31 Å². The molecule has 1 fully saturated rings. The van der Waals surface area contributed by atoms with E-state index in [9.17, 15) is 8.42 Å². The van der Waals surface area contributed by atoms with Crippen LogP contribution in [-0.4, -0.2) is 25.8 Å². The number of rotatable bonds is 4. The summed E-state index contributed by atoms with van der Waals surface area (Å²) in [6.07, 6.45) is 2.69. The first-order valence-electron chi connectivity index (χ1n) is 7.48. The van der Waals surface area contributed by atoms with Gasteiger partial charge in [0.1, 0.15) is 0 Å². The van der Waals surface area contributed by atoms with Crippen LogP contribution in [0, 0.1) is 5.41 Å². The standard InChI is InChI=1S/C16H24ClNO2S/c1-4-14-7-6-13(11-17)10-15(14)21(19,20)18-9-5-8-16(2,3)12-18/h6-7,10H,4-5,8-9,11-12H2,1-3H3. The lowest BCUT2D eigenvalue weighted by Crippen LogP contribution is -2.43. The average Bonchev–Trinajstić information content (AvgIpc) is 2.45. The fourth-order valence-corrected chi connectivity index (χ4v) is 5.11. The third-order valence-electron chi connectivity index (χ3n) is 4.15. The molecule has 118 valence electrons. The predicted molar refractivity (Wildman–Crippen MR) is 87.2 cm³/mol. The van der Waals surface area contributed by atoms with Crippen molar-refractivity contribution in [3.8, 4) is 0 Å². The van der Waals surface area contributed by atoms with Crippen LogP contribution in [0.25, 0.3) is 0 Å². The minimum Gasteiger partial charge on any atom is -0.207 e. The van der Waals surface area contributed by atoms with Crippen molar-refractivity contribution in [3.05, 3.63) is 29.3 Å². The van der Waals surface area contributed by atoms with Gasteiger partial charge in [0.25, 0.3) is 0 Å². The van der Waals surface area contributed by atoms with Crippen molar-refractivity contribution in [2.45, 2.75) is 50.8 Å². The lowest BCUT2D eigenvalue weighted by molar-refractivity contribution is 0.187. The first kappa shape index (κ1) is 16.8. The van der Waals surface area contributed by atoms with Gasteiger partial charge in [-0.15, -0.1) is 11.6 Å². The van der Waals surface area contributed by atoms with E-state index >= 15 is 0 Å². The molecule has 0 N–H and O–H groups in total. The van der Waals surface area contributed by atoms with E-state index in [1.165, 1.54) is 0 Å². The summed E-state index contributed by atoms with van der Waals surface area (Å²) in [6.45, 7) is 7.44. The summed E-state index contributed by atoms with van der Waals surface area (Å²) in [6, 6.07) is 5.54. The Morgan fingerprint density at radius 1 is 1.33 bits per heavy atom. The zero-order valence-corrected chi connectivity index (χ0v) is 14.6.